The van der Waals surface area contributed by atoms with Crippen LogP contribution in [0.15, 0.2) is 23.0 Å². The van der Waals surface area contributed by atoms with Gasteiger partial charge in [0.1, 0.15) is 5.82 Å². The fraction of sp³-hybridized carbons (Fsp3) is 0.167. The van der Waals surface area contributed by atoms with Gasteiger partial charge in [0.25, 0.3) is 5.91 Å². The Morgan fingerprint density at radius 1 is 1.56 bits per heavy atom. The number of aryl methyl sites for hydroxylation is 1. The van der Waals surface area contributed by atoms with E-state index >= 15 is 0 Å². The Bertz CT molecular complexity index is 569. The molecule has 94 valence electrons. The predicted molar refractivity (Wildman–Crippen MR) is 68.8 cm³/mol. The van der Waals surface area contributed by atoms with E-state index in [-0.39, 0.29) is 12.1 Å². The summed E-state index contributed by atoms with van der Waals surface area (Å²) >= 11 is 1.44. The zero-order chi connectivity index (χ0) is 13.1. The van der Waals surface area contributed by atoms with E-state index in [4.69, 9.17) is 5.73 Å². The molecule has 0 saturated heterocycles. The monoisotopic (exact) mass is 265 g/mol. The first kappa shape index (κ1) is 12.5. The van der Waals surface area contributed by atoms with E-state index in [1.165, 1.54) is 23.5 Å². The van der Waals surface area contributed by atoms with E-state index in [2.05, 4.69) is 10.3 Å². The van der Waals surface area contributed by atoms with Crippen LogP contribution in [0.4, 0.5) is 10.1 Å². The third-order valence-electron chi connectivity index (χ3n) is 2.44. The Hall–Kier alpha value is -1.95. The summed E-state index contributed by atoms with van der Waals surface area (Å²) in [5.74, 6) is -1.03. The summed E-state index contributed by atoms with van der Waals surface area (Å²) in [7, 11) is 0. The molecule has 0 bridgehead atoms. The van der Waals surface area contributed by atoms with Gasteiger partial charge in [-0.1, -0.05) is 0 Å². The Labute approximate surface area is 108 Å². The van der Waals surface area contributed by atoms with Crippen LogP contribution in [0, 0.1) is 12.7 Å². The highest BCUT2D eigenvalue weighted by molar-refractivity contribution is 7.07. The van der Waals surface area contributed by atoms with Crippen LogP contribution in [0.25, 0.3) is 0 Å². The summed E-state index contributed by atoms with van der Waals surface area (Å²) in [5, 5.41) is 4.43. The first-order chi connectivity index (χ1) is 8.58. The first-order valence-corrected chi connectivity index (χ1v) is 6.23. The number of carbonyl (C=O) groups excluding carboxylic acids is 1. The molecule has 6 heteroatoms. The first-order valence-electron chi connectivity index (χ1n) is 5.29. The van der Waals surface area contributed by atoms with E-state index in [1.54, 1.807) is 12.4 Å². The fourth-order valence-corrected chi connectivity index (χ4v) is 2.11. The Kier molecular flexibility index (Phi) is 3.57. The normalized spacial score (nSPS) is 10.3. The maximum atomic E-state index is 13.8. The number of anilines is 1. The third-order valence-corrected chi connectivity index (χ3v) is 3.07. The summed E-state index contributed by atoms with van der Waals surface area (Å²) in [6.45, 7) is 1.85. The molecule has 0 saturated carbocycles. The van der Waals surface area contributed by atoms with Gasteiger partial charge in [0.15, 0.2) is 0 Å². The van der Waals surface area contributed by atoms with E-state index in [0.717, 1.165) is 5.69 Å². The zero-order valence-corrected chi connectivity index (χ0v) is 10.6. The van der Waals surface area contributed by atoms with Gasteiger partial charge in [-0.25, -0.2) is 9.37 Å². The second-order valence-electron chi connectivity index (χ2n) is 3.86. The van der Waals surface area contributed by atoms with Crippen LogP contribution in [-0.2, 0) is 6.54 Å². The molecule has 0 aliphatic carbocycles. The van der Waals surface area contributed by atoms with Gasteiger partial charge >= 0.3 is 0 Å². The van der Waals surface area contributed by atoms with Crippen LogP contribution in [-0.4, -0.2) is 10.9 Å². The zero-order valence-electron chi connectivity index (χ0n) is 9.74. The molecule has 2 aromatic rings. The van der Waals surface area contributed by atoms with Crippen LogP contribution in [0.5, 0.6) is 0 Å². The molecule has 0 fully saturated rings. The van der Waals surface area contributed by atoms with E-state index in [9.17, 15) is 9.18 Å². The van der Waals surface area contributed by atoms with Crippen molar-refractivity contribution in [3.8, 4) is 0 Å². The number of halogens is 1. The highest BCUT2D eigenvalue weighted by Gasteiger charge is 2.14. The number of amides is 1. The lowest BCUT2D eigenvalue weighted by Crippen LogP contribution is -2.24. The van der Waals surface area contributed by atoms with Crippen LogP contribution < -0.4 is 11.1 Å². The van der Waals surface area contributed by atoms with Crippen LogP contribution >= 0.6 is 11.3 Å². The lowest BCUT2D eigenvalue weighted by molar-refractivity contribution is 0.0946. The Morgan fingerprint density at radius 2 is 2.33 bits per heavy atom. The molecule has 4 nitrogen and oxygen atoms in total. The van der Waals surface area contributed by atoms with E-state index < -0.39 is 11.7 Å². The second kappa shape index (κ2) is 5.14. The van der Waals surface area contributed by atoms with Gasteiger partial charge in [0.2, 0.25) is 0 Å². The number of thiazole rings is 1. The van der Waals surface area contributed by atoms with Crippen molar-refractivity contribution in [2.45, 2.75) is 13.5 Å². The molecule has 1 heterocycles. The number of carbonyl (C=O) groups is 1. The quantitative estimate of drug-likeness (QED) is 0.835. The number of hydrogen-bond acceptors (Lipinski definition) is 4. The second-order valence-corrected chi connectivity index (χ2v) is 4.58. The maximum Gasteiger partial charge on any atom is 0.254 e. The molecule has 1 aromatic carbocycles. The topological polar surface area (TPSA) is 68.0 Å². The smallest absolute Gasteiger partial charge is 0.254 e. The minimum Gasteiger partial charge on any atom is -0.399 e. The number of nitrogen functional groups attached to an aromatic ring is 1. The van der Waals surface area contributed by atoms with Gasteiger partial charge in [0, 0.05) is 11.1 Å². The molecule has 1 aromatic heterocycles. The molecule has 0 aliphatic heterocycles. The summed E-state index contributed by atoms with van der Waals surface area (Å²) in [5.41, 5.74) is 8.70. The van der Waals surface area contributed by atoms with Crippen molar-refractivity contribution in [3.63, 3.8) is 0 Å². The molecular formula is C12H12FN3OS. The minimum absolute atomic E-state index is 0.0391. The van der Waals surface area contributed by atoms with Crippen LogP contribution in [0.2, 0.25) is 0 Å². The minimum atomic E-state index is -0.542. The molecule has 3 N–H and O–H groups in total. The van der Waals surface area contributed by atoms with Gasteiger partial charge in [-0.3, -0.25) is 4.79 Å². The van der Waals surface area contributed by atoms with Crippen molar-refractivity contribution in [1.82, 2.24) is 10.3 Å². The average molecular weight is 265 g/mol. The summed E-state index contributed by atoms with van der Waals surface area (Å²) in [6.07, 6.45) is 0. The number of nitrogens with two attached hydrogens (primary N) is 1. The summed E-state index contributed by atoms with van der Waals surface area (Å²) in [6, 6.07) is 2.82. The largest absolute Gasteiger partial charge is 0.399 e. The summed E-state index contributed by atoms with van der Waals surface area (Å²) in [4.78, 5) is 15.9. The average Bonchev–Trinajstić information content (AvgIpc) is 2.83. The van der Waals surface area contributed by atoms with E-state index in [1.807, 2.05) is 5.38 Å². The van der Waals surface area contributed by atoms with Crippen molar-refractivity contribution in [1.29, 1.82) is 0 Å². The number of rotatable bonds is 3. The van der Waals surface area contributed by atoms with Gasteiger partial charge in [0.05, 0.1) is 23.3 Å². The van der Waals surface area contributed by atoms with Gasteiger partial charge in [-0.05, 0) is 24.6 Å². The van der Waals surface area contributed by atoms with Crippen molar-refractivity contribution in [2.75, 3.05) is 5.73 Å². The predicted octanol–water partition coefficient (Wildman–Crippen LogP) is 2.10. The molecule has 0 aliphatic rings. The molecule has 0 spiro atoms. The SMILES string of the molecule is Cc1cc(N)cc(C(=O)NCc2cscn2)c1F. The van der Waals surface area contributed by atoms with Gasteiger partial charge in [-0.2, -0.15) is 0 Å². The standard InChI is InChI=1S/C12H12FN3OS/c1-7-2-8(14)3-10(11(7)13)12(17)15-4-9-5-18-6-16-9/h2-3,5-6H,4,14H2,1H3,(H,15,17). The molecule has 0 radical (unpaired) electrons. The molecule has 0 unspecified atom stereocenters. The van der Waals surface area contributed by atoms with Gasteiger partial charge in [-0.15, -0.1) is 11.3 Å². The third kappa shape index (κ3) is 2.65. The lowest BCUT2D eigenvalue weighted by atomic mass is 10.1. The molecular weight excluding hydrogens is 253 g/mol. The Morgan fingerprint density at radius 3 is 3.00 bits per heavy atom. The van der Waals surface area contributed by atoms with E-state index in [0.29, 0.717) is 11.3 Å². The van der Waals surface area contributed by atoms with Gasteiger partial charge < -0.3 is 11.1 Å². The number of nitrogens with zero attached hydrogens (tertiary/aromatic N) is 1. The molecule has 1 amide bonds. The number of nitrogens with one attached hydrogen (secondary N) is 1. The van der Waals surface area contributed by atoms with Crippen molar-refractivity contribution >= 4 is 22.9 Å². The lowest BCUT2D eigenvalue weighted by Gasteiger charge is -2.07. The number of benzene rings is 1. The highest BCUT2D eigenvalue weighted by Crippen LogP contribution is 2.17. The Balaban J connectivity index is 2.14. The highest BCUT2D eigenvalue weighted by atomic mass is 32.1. The van der Waals surface area contributed by atoms with Crippen molar-refractivity contribution in [2.24, 2.45) is 0 Å². The fourth-order valence-electron chi connectivity index (χ4n) is 1.55. The number of aromatic nitrogens is 1. The molecule has 18 heavy (non-hydrogen) atoms. The van der Waals surface area contributed by atoms with Crippen molar-refractivity contribution in [3.05, 3.63) is 45.7 Å². The molecule has 0 atom stereocenters. The number of hydrogen-bond donors (Lipinski definition) is 2. The molecule has 2 rings (SSSR count). The van der Waals surface area contributed by atoms with Crippen molar-refractivity contribution < 1.29 is 9.18 Å². The van der Waals surface area contributed by atoms with Crippen LogP contribution in [0.3, 0.4) is 0 Å². The maximum absolute atomic E-state index is 13.8. The van der Waals surface area contributed by atoms with Crippen LogP contribution in [0.1, 0.15) is 21.6 Å². The summed E-state index contributed by atoms with van der Waals surface area (Å²) < 4.78 is 13.8.